The molecular weight excluding hydrogens is 230 g/mol. The first kappa shape index (κ1) is 13.7. The molecule has 0 bridgehead atoms. The molecule has 0 fully saturated rings. The molecule has 1 nitrogen and oxygen atoms in total. The molecule has 0 aromatic heterocycles. The molecule has 1 N–H and O–H groups in total. The average Bonchev–Trinajstić information content (AvgIpc) is 2.40. The van der Waals surface area contributed by atoms with Gasteiger partial charge in [-0.3, -0.25) is 0 Å². The van der Waals surface area contributed by atoms with Crippen LogP contribution < -0.4 is 5.32 Å². The van der Waals surface area contributed by atoms with Gasteiger partial charge in [-0.25, -0.2) is 0 Å². The Morgan fingerprint density at radius 1 is 0.737 bits per heavy atom. The Kier molecular flexibility index (Phi) is 5.02. The van der Waals surface area contributed by atoms with Crippen LogP contribution in [0.4, 0.5) is 11.4 Å². The number of hydrogen-bond donors (Lipinski definition) is 1. The van der Waals surface area contributed by atoms with E-state index in [-0.39, 0.29) is 0 Å². The van der Waals surface area contributed by atoms with Crippen LogP contribution >= 0.6 is 0 Å². The Morgan fingerprint density at radius 2 is 1.21 bits per heavy atom. The highest BCUT2D eigenvalue weighted by Crippen LogP contribution is 2.20. The first-order valence-electron chi connectivity index (χ1n) is 7.26. The minimum Gasteiger partial charge on any atom is -0.356 e. The van der Waals surface area contributed by atoms with Crippen LogP contribution in [-0.4, -0.2) is 0 Å². The number of anilines is 2. The maximum atomic E-state index is 3.50. The molecule has 0 saturated carbocycles. The summed E-state index contributed by atoms with van der Waals surface area (Å²) in [4.78, 5) is 0. The number of benzene rings is 2. The minimum absolute atomic E-state index is 1.14. The van der Waals surface area contributed by atoms with Gasteiger partial charge in [-0.05, 0) is 48.2 Å². The summed E-state index contributed by atoms with van der Waals surface area (Å²) in [5.41, 5.74) is 5.16. The Labute approximate surface area is 116 Å². The van der Waals surface area contributed by atoms with Gasteiger partial charge in [0, 0.05) is 11.4 Å². The smallest absolute Gasteiger partial charge is 0.0386 e. The van der Waals surface area contributed by atoms with Gasteiger partial charge in [0.25, 0.3) is 0 Å². The first-order chi connectivity index (χ1) is 9.31. The fraction of sp³-hybridized carbons (Fsp3) is 0.333. The van der Waals surface area contributed by atoms with Gasteiger partial charge in [0.05, 0.1) is 0 Å². The quantitative estimate of drug-likeness (QED) is 0.733. The van der Waals surface area contributed by atoms with E-state index in [4.69, 9.17) is 0 Å². The zero-order valence-corrected chi connectivity index (χ0v) is 11.9. The van der Waals surface area contributed by atoms with Crippen molar-refractivity contribution >= 4 is 11.4 Å². The topological polar surface area (TPSA) is 12.0 Å². The van der Waals surface area contributed by atoms with Crippen LogP contribution in [0.3, 0.4) is 0 Å². The van der Waals surface area contributed by atoms with E-state index in [0.29, 0.717) is 0 Å². The highest BCUT2D eigenvalue weighted by Gasteiger charge is 1.98. The van der Waals surface area contributed by atoms with Crippen molar-refractivity contribution < 1.29 is 0 Å². The summed E-state index contributed by atoms with van der Waals surface area (Å²) < 4.78 is 0. The summed E-state index contributed by atoms with van der Waals surface area (Å²) in [5, 5.41) is 3.50. The second kappa shape index (κ2) is 6.98. The molecule has 0 aliphatic heterocycles. The van der Waals surface area contributed by atoms with Crippen LogP contribution in [0.1, 0.15) is 37.8 Å². The third kappa shape index (κ3) is 4.13. The summed E-state index contributed by atoms with van der Waals surface area (Å²) >= 11 is 0. The van der Waals surface area contributed by atoms with Gasteiger partial charge in [-0.2, -0.15) is 0 Å². The molecule has 2 rings (SSSR count). The Bertz CT molecular complexity index is 469. The Morgan fingerprint density at radius 3 is 1.63 bits per heavy atom. The van der Waals surface area contributed by atoms with Crippen LogP contribution in [0.2, 0.25) is 0 Å². The van der Waals surface area contributed by atoms with Crippen molar-refractivity contribution in [3.8, 4) is 0 Å². The molecule has 0 aliphatic carbocycles. The maximum Gasteiger partial charge on any atom is 0.0386 e. The molecule has 0 saturated heterocycles. The lowest BCUT2D eigenvalue weighted by molar-refractivity contribution is 0.921. The highest BCUT2D eigenvalue weighted by atomic mass is 14.9. The van der Waals surface area contributed by atoms with Crippen molar-refractivity contribution in [3.63, 3.8) is 0 Å². The van der Waals surface area contributed by atoms with Crippen molar-refractivity contribution in [2.45, 2.75) is 39.5 Å². The summed E-state index contributed by atoms with van der Waals surface area (Å²) in [6.45, 7) is 4.43. The lowest BCUT2D eigenvalue weighted by atomic mass is 10.1. The second-order valence-electron chi connectivity index (χ2n) is 5.03. The van der Waals surface area contributed by atoms with Crippen LogP contribution in [-0.2, 0) is 12.8 Å². The third-order valence-electron chi connectivity index (χ3n) is 3.22. The summed E-state index contributed by atoms with van der Waals surface area (Å²) in [5.74, 6) is 0. The second-order valence-corrected chi connectivity index (χ2v) is 5.03. The van der Waals surface area contributed by atoms with E-state index < -0.39 is 0 Å². The molecule has 2 aromatic rings. The Balaban J connectivity index is 2.11. The number of rotatable bonds is 6. The number of hydrogen-bond acceptors (Lipinski definition) is 1. The van der Waals surface area contributed by atoms with E-state index in [1.165, 1.54) is 35.3 Å². The molecule has 0 radical (unpaired) electrons. The van der Waals surface area contributed by atoms with Crippen molar-refractivity contribution in [2.75, 3.05) is 5.32 Å². The predicted molar refractivity (Wildman–Crippen MR) is 84.2 cm³/mol. The SMILES string of the molecule is CCCc1cccc(Nc2cccc(CCC)c2)c1. The zero-order chi connectivity index (χ0) is 13.5. The van der Waals surface area contributed by atoms with E-state index >= 15 is 0 Å². The molecule has 1 heteroatoms. The van der Waals surface area contributed by atoms with Crippen molar-refractivity contribution in [1.29, 1.82) is 0 Å². The Hall–Kier alpha value is -1.76. The van der Waals surface area contributed by atoms with Crippen LogP contribution in [0.5, 0.6) is 0 Å². The maximum absolute atomic E-state index is 3.50. The zero-order valence-electron chi connectivity index (χ0n) is 11.9. The molecule has 100 valence electrons. The van der Waals surface area contributed by atoms with E-state index in [9.17, 15) is 0 Å². The van der Waals surface area contributed by atoms with Crippen molar-refractivity contribution in [1.82, 2.24) is 0 Å². The van der Waals surface area contributed by atoms with Gasteiger partial charge in [0.1, 0.15) is 0 Å². The lowest BCUT2D eigenvalue weighted by Crippen LogP contribution is -1.93. The molecule has 19 heavy (non-hydrogen) atoms. The molecular formula is C18H23N. The number of nitrogens with one attached hydrogen (secondary N) is 1. The average molecular weight is 253 g/mol. The molecule has 0 spiro atoms. The van der Waals surface area contributed by atoms with Gasteiger partial charge < -0.3 is 5.32 Å². The standard InChI is InChI=1S/C18H23N/c1-3-7-15-9-5-11-17(13-15)19-18-12-6-10-16(14-18)8-4-2/h5-6,9-14,19H,3-4,7-8H2,1-2H3. The van der Waals surface area contributed by atoms with Crippen LogP contribution in [0, 0.1) is 0 Å². The van der Waals surface area contributed by atoms with Crippen molar-refractivity contribution in [2.24, 2.45) is 0 Å². The molecule has 0 atom stereocenters. The molecule has 2 aromatic carbocycles. The third-order valence-corrected chi connectivity index (χ3v) is 3.22. The van der Waals surface area contributed by atoms with Gasteiger partial charge in [-0.1, -0.05) is 51.0 Å². The van der Waals surface area contributed by atoms with Crippen molar-refractivity contribution in [3.05, 3.63) is 59.7 Å². The van der Waals surface area contributed by atoms with E-state index in [2.05, 4.69) is 67.7 Å². The highest BCUT2D eigenvalue weighted by molar-refractivity contribution is 5.60. The van der Waals surface area contributed by atoms with E-state index in [1.54, 1.807) is 0 Å². The summed E-state index contributed by atoms with van der Waals surface area (Å²) in [7, 11) is 0. The van der Waals surface area contributed by atoms with Gasteiger partial charge >= 0.3 is 0 Å². The predicted octanol–water partition coefficient (Wildman–Crippen LogP) is 5.34. The fourth-order valence-corrected chi connectivity index (χ4v) is 2.35. The number of aryl methyl sites for hydroxylation is 2. The van der Waals surface area contributed by atoms with E-state index in [1.807, 2.05) is 0 Å². The van der Waals surface area contributed by atoms with Crippen LogP contribution in [0.15, 0.2) is 48.5 Å². The fourth-order valence-electron chi connectivity index (χ4n) is 2.35. The summed E-state index contributed by atoms with van der Waals surface area (Å²) in [6, 6.07) is 17.4. The lowest BCUT2D eigenvalue weighted by Gasteiger charge is -2.09. The monoisotopic (exact) mass is 253 g/mol. The minimum atomic E-state index is 1.14. The molecule has 0 unspecified atom stereocenters. The molecule has 0 aliphatic rings. The van der Waals surface area contributed by atoms with Gasteiger partial charge in [-0.15, -0.1) is 0 Å². The first-order valence-corrected chi connectivity index (χ1v) is 7.26. The van der Waals surface area contributed by atoms with Gasteiger partial charge in [0.15, 0.2) is 0 Å². The van der Waals surface area contributed by atoms with Gasteiger partial charge in [0.2, 0.25) is 0 Å². The molecule has 0 heterocycles. The summed E-state index contributed by atoms with van der Waals surface area (Å²) in [6.07, 6.45) is 4.67. The largest absolute Gasteiger partial charge is 0.356 e. The normalized spacial score (nSPS) is 10.4. The van der Waals surface area contributed by atoms with Crippen LogP contribution in [0.25, 0.3) is 0 Å². The van der Waals surface area contributed by atoms with E-state index in [0.717, 1.165) is 12.8 Å². The molecule has 0 amide bonds.